The highest BCUT2D eigenvalue weighted by Gasteiger charge is 2.13. The smallest absolute Gasteiger partial charge is 0.285 e. The van der Waals surface area contributed by atoms with Crippen LogP contribution in [0.15, 0.2) is 23.7 Å². The number of carbonyl (C=O) groups excluding carboxylic acids is 1. The second kappa shape index (κ2) is 3.91. The van der Waals surface area contributed by atoms with Crippen LogP contribution in [0.3, 0.4) is 0 Å². The molecule has 0 atom stereocenters. The third-order valence-electron chi connectivity index (χ3n) is 2.14. The van der Waals surface area contributed by atoms with Gasteiger partial charge in [0.25, 0.3) is 5.91 Å². The van der Waals surface area contributed by atoms with Gasteiger partial charge in [-0.25, -0.2) is 15.3 Å². The van der Waals surface area contributed by atoms with E-state index in [1.807, 2.05) is 22.9 Å². The molecule has 8 heteroatoms. The molecule has 3 aromatic heterocycles. The van der Waals surface area contributed by atoms with Crippen LogP contribution in [-0.2, 0) is 0 Å². The molecule has 0 radical (unpaired) electrons. The topological polar surface area (TPSA) is 85.3 Å². The van der Waals surface area contributed by atoms with Crippen molar-refractivity contribution in [2.45, 2.75) is 0 Å². The van der Waals surface area contributed by atoms with E-state index >= 15 is 0 Å². The quantitative estimate of drug-likeness (QED) is 0.413. The predicted molar refractivity (Wildman–Crippen MR) is 65.8 cm³/mol. The summed E-state index contributed by atoms with van der Waals surface area (Å²) in [4.78, 5) is 17.2. The number of amides is 1. The van der Waals surface area contributed by atoms with Gasteiger partial charge in [-0.2, -0.15) is 5.10 Å². The summed E-state index contributed by atoms with van der Waals surface area (Å²) >= 11 is 3.05. The van der Waals surface area contributed by atoms with Crippen LogP contribution >= 0.6 is 22.7 Å². The van der Waals surface area contributed by atoms with Gasteiger partial charge in [-0.05, 0) is 11.4 Å². The van der Waals surface area contributed by atoms with E-state index in [1.54, 1.807) is 22.0 Å². The third kappa shape index (κ3) is 1.71. The minimum Gasteiger partial charge on any atom is -0.289 e. The number of carbonyl (C=O) groups is 1. The molecule has 3 heterocycles. The number of nitrogens with two attached hydrogens (primary N) is 1. The Morgan fingerprint density at radius 2 is 2.41 bits per heavy atom. The molecule has 86 valence electrons. The summed E-state index contributed by atoms with van der Waals surface area (Å²) in [5.74, 6) is 4.62. The molecule has 0 aliphatic carbocycles. The van der Waals surface area contributed by atoms with E-state index in [9.17, 15) is 4.79 Å². The zero-order chi connectivity index (χ0) is 11.8. The number of imidazole rings is 1. The van der Waals surface area contributed by atoms with Crippen LogP contribution in [0.2, 0.25) is 0 Å². The second-order valence-corrected chi connectivity index (χ2v) is 5.11. The van der Waals surface area contributed by atoms with Gasteiger partial charge in [-0.1, -0.05) is 17.4 Å². The van der Waals surface area contributed by atoms with Crippen LogP contribution in [0.5, 0.6) is 0 Å². The van der Waals surface area contributed by atoms with Crippen molar-refractivity contribution < 1.29 is 4.79 Å². The van der Waals surface area contributed by atoms with E-state index < -0.39 is 5.91 Å². The Morgan fingerprint density at radius 3 is 3.06 bits per heavy atom. The molecular formula is C9H7N5OS2. The lowest BCUT2D eigenvalue weighted by Gasteiger charge is -1.90. The number of hydrogen-bond donors (Lipinski definition) is 2. The monoisotopic (exact) mass is 265 g/mol. The van der Waals surface area contributed by atoms with Gasteiger partial charge >= 0.3 is 0 Å². The van der Waals surface area contributed by atoms with Crippen molar-refractivity contribution in [2.75, 3.05) is 0 Å². The Hall–Kier alpha value is -1.77. The van der Waals surface area contributed by atoms with E-state index in [1.165, 1.54) is 11.3 Å². The van der Waals surface area contributed by atoms with Gasteiger partial charge < -0.3 is 0 Å². The molecule has 0 spiro atoms. The van der Waals surface area contributed by atoms with Crippen LogP contribution in [0.25, 0.3) is 14.8 Å². The number of aromatic nitrogens is 3. The van der Waals surface area contributed by atoms with Crippen LogP contribution in [-0.4, -0.2) is 20.5 Å². The number of hydrogen-bond acceptors (Lipinski definition) is 6. The Labute approximate surface area is 104 Å². The molecule has 0 unspecified atom stereocenters. The predicted octanol–water partition coefficient (Wildman–Crippen LogP) is 1.12. The minimum atomic E-state index is -0.416. The average molecular weight is 265 g/mol. The number of nitrogens with zero attached hydrogens (tertiary/aromatic N) is 3. The Bertz CT molecular complexity index is 637. The molecule has 17 heavy (non-hydrogen) atoms. The van der Waals surface area contributed by atoms with Crippen LogP contribution in [0.1, 0.15) is 10.5 Å². The van der Waals surface area contributed by atoms with Crippen molar-refractivity contribution >= 4 is 33.5 Å². The molecule has 3 N–H and O–H groups in total. The average Bonchev–Trinajstić information content (AvgIpc) is 3.01. The molecule has 6 nitrogen and oxygen atoms in total. The first-order valence-electron chi connectivity index (χ1n) is 4.69. The zero-order valence-electron chi connectivity index (χ0n) is 8.45. The van der Waals surface area contributed by atoms with E-state index in [4.69, 9.17) is 5.84 Å². The SMILES string of the molecule is NNC(=O)c1cn2nc(-c3cccs3)sc2n1. The molecule has 0 aliphatic heterocycles. The lowest BCUT2D eigenvalue weighted by molar-refractivity contribution is 0.0949. The van der Waals surface area contributed by atoms with Crippen molar-refractivity contribution in [3.63, 3.8) is 0 Å². The van der Waals surface area contributed by atoms with Gasteiger partial charge in [0, 0.05) is 0 Å². The largest absolute Gasteiger partial charge is 0.289 e. The summed E-state index contributed by atoms with van der Waals surface area (Å²) in [6, 6.07) is 3.97. The lowest BCUT2D eigenvalue weighted by Crippen LogP contribution is -2.30. The summed E-state index contributed by atoms with van der Waals surface area (Å²) < 4.78 is 1.59. The van der Waals surface area contributed by atoms with Gasteiger partial charge in [0.1, 0.15) is 0 Å². The highest BCUT2D eigenvalue weighted by atomic mass is 32.1. The third-order valence-corrected chi connectivity index (χ3v) is 4.10. The number of rotatable bonds is 2. The van der Waals surface area contributed by atoms with Crippen LogP contribution in [0, 0.1) is 0 Å². The van der Waals surface area contributed by atoms with Gasteiger partial charge in [0.15, 0.2) is 10.7 Å². The summed E-state index contributed by atoms with van der Waals surface area (Å²) in [5, 5.41) is 7.24. The standard InChI is InChI=1S/C9H7N5OS2/c10-12-7(15)5-4-14-9(11-5)17-8(13-14)6-2-1-3-16-6/h1-4H,10H2,(H,12,15). The van der Waals surface area contributed by atoms with Crippen LogP contribution in [0.4, 0.5) is 0 Å². The first kappa shape index (κ1) is 10.4. The maximum atomic E-state index is 11.3. The summed E-state index contributed by atoms with van der Waals surface area (Å²) in [6.07, 6.45) is 1.56. The molecular weight excluding hydrogens is 258 g/mol. The molecule has 3 rings (SSSR count). The molecule has 0 bridgehead atoms. The van der Waals surface area contributed by atoms with Gasteiger partial charge in [-0.3, -0.25) is 10.2 Å². The number of hydrazine groups is 1. The molecule has 0 aliphatic rings. The minimum absolute atomic E-state index is 0.268. The highest BCUT2D eigenvalue weighted by molar-refractivity contribution is 7.23. The number of thiophene rings is 1. The van der Waals surface area contributed by atoms with Crippen molar-refractivity contribution in [2.24, 2.45) is 5.84 Å². The fourth-order valence-electron chi connectivity index (χ4n) is 1.38. The fraction of sp³-hybridized carbons (Fsp3) is 0. The van der Waals surface area contributed by atoms with Crippen molar-refractivity contribution in [3.8, 4) is 9.88 Å². The Balaban J connectivity index is 2.05. The highest BCUT2D eigenvalue weighted by Crippen LogP contribution is 2.28. The van der Waals surface area contributed by atoms with Gasteiger partial charge in [0.2, 0.25) is 4.96 Å². The maximum absolute atomic E-state index is 11.3. The number of fused-ring (bicyclic) bond motifs is 1. The fourth-order valence-corrected chi connectivity index (χ4v) is 3.06. The molecule has 0 saturated heterocycles. The molecule has 0 saturated carbocycles. The first-order valence-corrected chi connectivity index (χ1v) is 6.38. The molecule has 1 amide bonds. The Kier molecular flexibility index (Phi) is 2.39. The maximum Gasteiger partial charge on any atom is 0.285 e. The number of nitrogen functional groups attached to an aromatic ring is 1. The summed E-state index contributed by atoms with van der Waals surface area (Å²) in [5.41, 5.74) is 2.31. The van der Waals surface area contributed by atoms with Crippen molar-refractivity contribution in [1.82, 2.24) is 20.0 Å². The van der Waals surface area contributed by atoms with E-state index in [0.29, 0.717) is 4.96 Å². The first-order chi connectivity index (χ1) is 8.28. The second-order valence-electron chi connectivity index (χ2n) is 3.21. The molecule has 3 aromatic rings. The van der Waals surface area contributed by atoms with E-state index in [2.05, 4.69) is 10.1 Å². The lowest BCUT2D eigenvalue weighted by atomic mass is 10.5. The Morgan fingerprint density at radius 1 is 1.53 bits per heavy atom. The number of nitrogens with one attached hydrogen (secondary N) is 1. The van der Waals surface area contributed by atoms with E-state index in [0.717, 1.165) is 9.88 Å². The molecule has 0 aromatic carbocycles. The molecule has 0 fully saturated rings. The van der Waals surface area contributed by atoms with E-state index in [-0.39, 0.29) is 5.69 Å². The van der Waals surface area contributed by atoms with Crippen LogP contribution < -0.4 is 11.3 Å². The van der Waals surface area contributed by atoms with Crippen molar-refractivity contribution in [1.29, 1.82) is 0 Å². The van der Waals surface area contributed by atoms with Crippen molar-refractivity contribution in [3.05, 3.63) is 29.4 Å². The summed E-state index contributed by atoms with van der Waals surface area (Å²) in [6.45, 7) is 0. The normalized spacial score (nSPS) is 10.9. The summed E-state index contributed by atoms with van der Waals surface area (Å²) in [7, 11) is 0. The zero-order valence-corrected chi connectivity index (χ0v) is 10.1. The van der Waals surface area contributed by atoms with Gasteiger partial charge in [-0.15, -0.1) is 11.3 Å². The van der Waals surface area contributed by atoms with Gasteiger partial charge in [0.05, 0.1) is 11.1 Å².